The molecular formula is C39H48N6O9S. The SMILES string of the molecule is C=C[C@@H]1C[C@]1(NC(=O)[C@@H]1C[C@@H](Oc2cc(-c3ccccc3)nc3cc(OC)ccc23)CN1C(=O)[C@H](CNC)NC(=O)OC(C)(C)C)C(=O)NS(=O)(=O)C1CC1. The number of hydrogen-bond donors (Lipinski definition) is 4. The molecule has 6 rings (SSSR count). The van der Waals surface area contributed by atoms with Crippen molar-refractivity contribution in [2.24, 2.45) is 5.92 Å². The second kappa shape index (κ2) is 15.5. The van der Waals surface area contributed by atoms with Crippen molar-refractivity contribution in [1.82, 2.24) is 30.6 Å². The Morgan fingerprint density at radius 2 is 1.82 bits per heavy atom. The quantitative estimate of drug-likeness (QED) is 0.176. The number of rotatable bonds is 14. The Labute approximate surface area is 320 Å². The predicted molar refractivity (Wildman–Crippen MR) is 205 cm³/mol. The molecule has 1 saturated heterocycles. The van der Waals surface area contributed by atoms with Gasteiger partial charge in [0.1, 0.15) is 40.8 Å². The van der Waals surface area contributed by atoms with Crippen LogP contribution in [0.2, 0.25) is 0 Å². The minimum absolute atomic E-state index is 0.00769. The summed E-state index contributed by atoms with van der Waals surface area (Å²) in [4.78, 5) is 61.2. The Bertz CT molecular complexity index is 2090. The topological polar surface area (TPSA) is 194 Å². The van der Waals surface area contributed by atoms with E-state index in [2.05, 4.69) is 27.3 Å². The summed E-state index contributed by atoms with van der Waals surface area (Å²) < 4.78 is 45.1. The number of carbonyl (C=O) groups excluding carboxylic acids is 4. The van der Waals surface area contributed by atoms with Crippen LogP contribution < -0.4 is 30.1 Å². The van der Waals surface area contributed by atoms with Gasteiger partial charge in [0.15, 0.2) is 0 Å². The van der Waals surface area contributed by atoms with Gasteiger partial charge in [0, 0.05) is 42.0 Å². The average Bonchev–Trinajstić information content (AvgIpc) is 4.07. The number of ether oxygens (including phenoxy) is 3. The molecule has 0 spiro atoms. The average molecular weight is 777 g/mol. The van der Waals surface area contributed by atoms with Gasteiger partial charge >= 0.3 is 6.09 Å². The van der Waals surface area contributed by atoms with Gasteiger partial charge in [-0.3, -0.25) is 19.1 Å². The van der Waals surface area contributed by atoms with Gasteiger partial charge in [-0.05, 0) is 59.2 Å². The Hall–Kier alpha value is -5.22. The first-order valence-electron chi connectivity index (χ1n) is 18.2. The van der Waals surface area contributed by atoms with Gasteiger partial charge in [-0.25, -0.2) is 18.2 Å². The minimum Gasteiger partial charge on any atom is -0.497 e. The molecule has 3 aliphatic rings. The molecule has 0 radical (unpaired) electrons. The monoisotopic (exact) mass is 776 g/mol. The van der Waals surface area contributed by atoms with Crippen molar-refractivity contribution in [3.63, 3.8) is 0 Å². The lowest BCUT2D eigenvalue weighted by Gasteiger charge is -2.30. The molecule has 15 nitrogen and oxygen atoms in total. The summed E-state index contributed by atoms with van der Waals surface area (Å²) in [6, 6.07) is 14.4. The van der Waals surface area contributed by atoms with Crippen LogP contribution in [-0.2, 0) is 29.1 Å². The van der Waals surface area contributed by atoms with Crippen molar-refractivity contribution >= 4 is 44.7 Å². The fourth-order valence-electron chi connectivity index (χ4n) is 6.79. The summed E-state index contributed by atoms with van der Waals surface area (Å²) >= 11 is 0. The maximum Gasteiger partial charge on any atom is 0.408 e. The number of alkyl carbamates (subject to hydrolysis) is 1. The zero-order chi connectivity index (χ0) is 39.7. The normalized spacial score (nSPS) is 22.6. The number of pyridine rings is 1. The molecule has 5 atom stereocenters. The maximum absolute atomic E-state index is 14.4. The summed E-state index contributed by atoms with van der Waals surface area (Å²) in [5.74, 6) is -1.61. The number of fused-ring (bicyclic) bond motifs is 1. The molecule has 294 valence electrons. The third kappa shape index (κ3) is 8.86. The number of benzene rings is 2. The van der Waals surface area contributed by atoms with Gasteiger partial charge in [0.2, 0.25) is 21.8 Å². The van der Waals surface area contributed by atoms with Gasteiger partial charge in [0.25, 0.3) is 5.91 Å². The zero-order valence-corrected chi connectivity index (χ0v) is 32.4. The Morgan fingerprint density at radius 3 is 2.44 bits per heavy atom. The number of methoxy groups -OCH3 is 1. The van der Waals surface area contributed by atoms with E-state index in [1.54, 1.807) is 53.1 Å². The highest BCUT2D eigenvalue weighted by Gasteiger charge is 2.62. The molecule has 0 bridgehead atoms. The van der Waals surface area contributed by atoms with Crippen LogP contribution >= 0.6 is 0 Å². The van der Waals surface area contributed by atoms with Crippen molar-refractivity contribution in [1.29, 1.82) is 0 Å². The molecule has 4 N–H and O–H groups in total. The number of nitrogens with zero attached hydrogens (tertiary/aromatic N) is 2. The predicted octanol–water partition coefficient (Wildman–Crippen LogP) is 3.04. The molecule has 1 aliphatic heterocycles. The van der Waals surface area contributed by atoms with Gasteiger partial charge < -0.3 is 35.1 Å². The van der Waals surface area contributed by atoms with E-state index in [9.17, 15) is 27.6 Å². The Kier molecular flexibility index (Phi) is 11.1. The summed E-state index contributed by atoms with van der Waals surface area (Å²) in [7, 11) is -0.735. The minimum atomic E-state index is -3.91. The van der Waals surface area contributed by atoms with Crippen LogP contribution in [0.25, 0.3) is 22.2 Å². The number of likely N-dealkylation sites (N-methyl/N-ethyl adjacent to an activating group) is 1. The first-order valence-corrected chi connectivity index (χ1v) is 19.8. The molecule has 2 aromatic carbocycles. The first-order chi connectivity index (χ1) is 26.1. The zero-order valence-electron chi connectivity index (χ0n) is 31.6. The van der Waals surface area contributed by atoms with Crippen molar-refractivity contribution in [2.45, 2.75) is 81.0 Å². The lowest BCUT2D eigenvalue weighted by Crippen LogP contribution is -2.59. The molecule has 2 aliphatic carbocycles. The second-order valence-electron chi connectivity index (χ2n) is 15.2. The van der Waals surface area contributed by atoms with Crippen LogP contribution in [0.5, 0.6) is 11.5 Å². The van der Waals surface area contributed by atoms with Crippen LogP contribution in [0.15, 0.2) is 67.3 Å². The molecule has 4 amide bonds. The first kappa shape index (κ1) is 39.5. The standard InChI is InChI=1S/C39H48N6O9S/c1-7-24-20-39(24,36(48)44-55(50,51)27-14-15-27)43-34(46)32-18-26(22-45(32)35(47)31(21-40-5)42-37(49)54-38(2,3)4)53-33-19-29(23-11-9-8-10-12-23)41-30-17-25(52-6)13-16-28(30)33/h7-13,16-17,19,24,26-27,31-32,40H,1,14-15,18,20-22H2,2-6H3,(H,42,49)(H,43,46)(H,44,48)/t24-,26-,31+,32+,39-/m1/s1. The number of aromatic nitrogens is 1. The van der Waals surface area contributed by atoms with Crippen LogP contribution in [0.4, 0.5) is 4.79 Å². The number of amides is 4. The summed E-state index contributed by atoms with van der Waals surface area (Å²) in [5.41, 5.74) is -0.334. The number of sulfonamides is 1. The van der Waals surface area contributed by atoms with Crippen LogP contribution in [-0.4, -0.2) is 104 Å². The maximum atomic E-state index is 14.4. The van der Waals surface area contributed by atoms with E-state index in [0.717, 1.165) is 5.56 Å². The van der Waals surface area contributed by atoms with Crippen LogP contribution in [0.1, 0.15) is 46.5 Å². The fourth-order valence-corrected chi connectivity index (χ4v) is 8.15. The molecule has 55 heavy (non-hydrogen) atoms. The number of likely N-dealkylation sites (tertiary alicyclic amines) is 1. The molecule has 3 fully saturated rings. The molecular weight excluding hydrogens is 729 g/mol. The Balaban J connectivity index is 1.32. The number of hydrogen-bond acceptors (Lipinski definition) is 11. The van der Waals surface area contributed by atoms with Gasteiger partial charge in [0.05, 0.1) is 30.1 Å². The molecule has 2 saturated carbocycles. The lowest BCUT2D eigenvalue weighted by atomic mass is 10.1. The molecule has 0 unspecified atom stereocenters. The van der Waals surface area contributed by atoms with Crippen LogP contribution in [0, 0.1) is 5.92 Å². The van der Waals surface area contributed by atoms with E-state index in [0.29, 0.717) is 40.9 Å². The van der Waals surface area contributed by atoms with E-state index >= 15 is 0 Å². The number of carbonyl (C=O) groups is 4. The summed E-state index contributed by atoms with van der Waals surface area (Å²) in [5, 5.41) is 8.34. The third-order valence-electron chi connectivity index (χ3n) is 9.84. The number of nitrogens with one attached hydrogen (secondary N) is 4. The fraction of sp³-hybridized carbons (Fsp3) is 0.462. The van der Waals surface area contributed by atoms with E-state index in [4.69, 9.17) is 19.2 Å². The van der Waals surface area contributed by atoms with E-state index in [-0.39, 0.29) is 25.9 Å². The largest absolute Gasteiger partial charge is 0.497 e. The third-order valence-corrected chi connectivity index (χ3v) is 11.7. The molecule has 1 aromatic heterocycles. The van der Waals surface area contributed by atoms with E-state index in [1.165, 1.54) is 11.0 Å². The van der Waals surface area contributed by atoms with E-state index in [1.807, 2.05) is 36.4 Å². The van der Waals surface area contributed by atoms with Crippen molar-refractivity contribution in [3.8, 4) is 22.8 Å². The lowest BCUT2D eigenvalue weighted by molar-refractivity contribution is -0.141. The highest BCUT2D eigenvalue weighted by molar-refractivity contribution is 7.91. The van der Waals surface area contributed by atoms with Gasteiger partial charge in [-0.1, -0.05) is 36.4 Å². The highest BCUT2D eigenvalue weighted by atomic mass is 32.2. The summed E-state index contributed by atoms with van der Waals surface area (Å²) in [6.45, 7) is 8.81. The Morgan fingerprint density at radius 1 is 1.09 bits per heavy atom. The molecule has 16 heteroatoms. The molecule has 2 heterocycles. The van der Waals surface area contributed by atoms with Gasteiger partial charge in [-0.15, -0.1) is 6.58 Å². The summed E-state index contributed by atoms with van der Waals surface area (Å²) in [6.07, 6.45) is 0.981. The van der Waals surface area contributed by atoms with Crippen molar-refractivity contribution < 1.29 is 41.8 Å². The van der Waals surface area contributed by atoms with Crippen molar-refractivity contribution in [2.75, 3.05) is 27.2 Å². The second-order valence-corrected chi connectivity index (χ2v) is 17.1. The highest BCUT2D eigenvalue weighted by Crippen LogP contribution is 2.45. The van der Waals surface area contributed by atoms with Crippen molar-refractivity contribution in [3.05, 3.63) is 67.3 Å². The molecule has 3 aromatic rings. The smallest absolute Gasteiger partial charge is 0.408 e. The van der Waals surface area contributed by atoms with Crippen LogP contribution in [0.3, 0.4) is 0 Å². The van der Waals surface area contributed by atoms with Gasteiger partial charge in [-0.2, -0.15) is 0 Å². The van der Waals surface area contributed by atoms with E-state index < -0.39 is 74.3 Å².